The third-order valence-electron chi connectivity index (χ3n) is 9.54. The van der Waals surface area contributed by atoms with E-state index in [2.05, 4.69) is 36.9 Å². The van der Waals surface area contributed by atoms with Gasteiger partial charge in [0.1, 0.15) is 35.5 Å². The lowest BCUT2D eigenvalue weighted by Crippen LogP contribution is -2.56. The van der Waals surface area contributed by atoms with Crippen LogP contribution in [-0.2, 0) is 46.4 Å². The molecule has 2 fully saturated rings. The number of hydrogen-bond donors (Lipinski definition) is 7. The molecule has 2 saturated heterocycles. The Morgan fingerprint density at radius 2 is 1.34 bits per heavy atom. The highest BCUT2D eigenvalue weighted by atomic mass is 16.5. The highest BCUT2D eigenvalue weighted by molar-refractivity contribution is 5.97. The number of nitrogens with one attached hydrogen (secondary N) is 7. The van der Waals surface area contributed by atoms with Crippen molar-refractivity contribution in [1.82, 2.24) is 41.8 Å². The van der Waals surface area contributed by atoms with E-state index in [0.29, 0.717) is 24.2 Å². The van der Waals surface area contributed by atoms with Crippen LogP contribution < -0.4 is 36.6 Å². The number of carbonyl (C=O) groups is 7. The Labute approximate surface area is 325 Å². The average molecular weight is 773 g/mol. The van der Waals surface area contributed by atoms with Gasteiger partial charge >= 0.3 is 0 Å². The summed E-state index contributed by atoms with van der Waals surface area (Å²) in [5.74, 6) is -4.12. The summed E-state index contributed by atoms with van der Waals surface area (Å²) >= 11 is 0. The molecule has 16 heteroatoms. The Hall–Kier alpha value is -5.93. The third-order valence-corrected chi connectivity index (χ3v) is 9.54. The summed E-state index contributed by atoms with van der Waals surface area (Å²) in [6, 6.07) is 10.3. The molecular formula is C40H52N8O8. The molecule has 4 atom stereocenters. The predicted molar refractivity (Wildman–Crippen MR) is 207 cm³/mol. The molecule has 2 aliphatic rings. The first kappa shape index (κ1) is 41.2. The monoisotopic (exact) mass is 772 g/mol. The maximum atomic E-state index is 14.2. The van der Waals surface area contributed by atoms with Crippen molar-refractivity contribution in [3.63, 3.8) is 0 Å². The van der Waals surface area contributed by atoms with Crippen LogP contribution in [0.2, 0.25) is 0 Å². The van der Waals surface area contributed by atoms with Gasteiger partial charge in [0, 0.05) is 36.5 Å². The van der Waals surface area contributed by atoms with Crippen molar-refractivity contribution < 1.29 is 38.3 Å². The van der Waals surface area contributed by atoms with Gasteiger partial charge < -0.3 is 46.5 Å². The zero-order valence-corrected chi connectivity index (χ0v) is 32.5. The van der Waals surface area contributed by atoms with Gasteiger partial charge in [-0.1, -0.05) is 44.2 Å². The maximum Gasteiger partial charge on any atom is 0.246 e. The predicted octanol–water partition coefficient (Wildman–Crippen LogP) is 0.594. The van der Waals surface area contributed by atoms with Crippen LogP contribution in [0, 0.1) is 5.92 Å². The number of ether oxygens (including phenoxy) is 1. The van der Waals surface area contributed by atoms with Gasteiger partial charge in [-0.25, -0.2) is 0 Å². The van der Waals surface area contributed by atoms with Crippen molar-refractivity contribution in [2.75, 3.05) is 26.2 Å². The molecule has 0 aliphatic carbocycles. The standard InChI is InChI=1S/C40H52N8O8/c1-23(2)35-38(54)44-21-32(49)45-29(17-24-12-14-26(15-13-24)56-40(3,4)5)36(52)42-20-33(50)46-30(18-25-19-41-28-10-7-6-9-27(25)28)39(55)48-16-8-11-31(48)37(53)43-22-34(51)47-35/h6-7,9-10,12-15,19,23,29-31,35,41H,8,11,16-18,20-22H2,1-5H3,(H,42,52)(H,43,53)(H,44,54)(H,45,49)(H,46,50)(H,47,51)/t29-,30+,31+,35+/m1/s1. The molecule has 2 aromatic carbocycles. The van der Waals surface area contributed by atoms with Gasteiger partial charge in [-0.3, -0.25) is 33.6 Å². The second kappa shape index (κ2) is 18.1. The first-order valence-electron chi connectivity index (χ1n) is 18.9. The van der Waals surface area contributed by atoms with Crippen molar-refractivity contribution >= 4 is 52.3 Å². The van der Waals surface area contributed by atoms with E-state index in [9.17, 15) is 33.6 Å². The topological polar surface area (TPSA) is 220 Å². The van der Waals surface area contributed by atoms with Crippen molar-refractivity contribution in [1.29, 1.82) is 0 Å². The minimum Gasteiger partial charge on any atom is -0.488 e. The highest BCUT2D eigenvalue weighted by Gasteiger charge is 2.38. The summed E-state index contributed by atoms with van der Waals surface area (Å²) < 4.78 is 5.90. The molecule has 5 rings (SSSR count). The van der Waals surface area contributed by atoms with E-state index < -0.39 is 90.8 Å². The number of fused-ring (bicyclic) bond motifs is 2. The number of H-pyrrole nitrogens is 1. The second-order valence-electron chi connectivity index (χ2n) is 15.5. The number of hydrogen-bond acceptors (Lipinski definition) is 8. The summed E-state index contributed by atoms with van der Waals surface area (Å²) in [4.78, 5) is 98.7. The number of carbonyl (C=O) groups excluding carboxylic acids is 7. The number of nitrogens with zero attached hydrogens (tertiary/aromatic N) is 1. The highest BCUT2D eigenvalue weighted by Crippen LogP contribution is 2.23. The van der Waals surface area contributed by atoms with Gasteiger partial charge in [-0.05, 0) is 68.9 Å². The van der Waals surface area contributed by atoms with Crippen molar-refractivity contribution in [2.45, 2.75) is 90.1 Å². The molecule has 3 aromatic rings. The van der Waals surface area contributed by atoms with Gasteiger partial charge in [0.25, 0.3) is 0 Å². The van der Waals surface area contributed by atoms with Crippen molar-refractivity contribution in [3.8, 4) is 5.75 Å². The summed E-state index contributed by atoms with van der Waals surface area (Å²) in [5, 5.41) is 16.6. The zero-order chi connectivity index (χ0) is 40.6. The minimum absolute atomic E-state index is 0.0344. The molecule has 0 unspecified atom stereocenters. The van der Waals surface area contributed by atoms with Crippen LogP contribution in [0.5, 0.6) is 5.75 Å². The fourth-order valence-electron chi connectivity index (χ4n) is 6.82. The van der Waals surface area contributed by atoms with Gasteiger partial charge in [-0.15, -0.1) is 0 Å². The van der Waals surface area contributed by atoms with Gasteiger partial charge in [0.2, 0.25) is 41.4 Å². The van der Waals surface area contributed by atoms with Crippen LogP contribution >= 0.6 is 0 Å². The fraction of sp³-hybridized carbons (Fsp3) is 0.475. The van der Waals surface area contributed by atoms with E-state index in [4.69, 9.17) is 4.74 Å². The number of amides is 7. The van der Waals surface area contributed by atoms with Crippen LogP contribution in [0.3, 0.4) is 0 Å². The van der Waals surface area contributed by atoms with Crippen LogP contribution in [0.25, 0.3) is 10.9 Å². The molecule has 0 spiro atoms. The molecule has 56 heavy (non-hydrogen) atoms. The molecule has 0 bridgehead atoms. The zero-order valence-electron chi connectivity index (χ0n) is 32.5. The Morgan fingerprint density at radius 1 is 0.732 bits per heavy atom. The first-order valence-corrected chi connectivity index (χ1v) is 18.9. The normalized spacial score (nSPS) is 22.6. The van der Waals surface area contributed by atoms with E-state index >= 15 is 0 Å². The molecule has 16 nitrogen and oxygen atoms in total. The van der Waals surface area contributed by atoms with Crippen LogP contribution in [0.15, 0.2) is 54.7 Å². The maximum absolute atomic E-state index is 14.2. The number of benzene rings is 2. The summed E-state index contributed by atoms with van der Waals surface area (Å²) in [7, 11) is 0. The molecule has 0 saturated carbocycles. The smallest absolute Gasteiger partial charge is 0.246 e. The molecule has 300 valence electrons. The number of aromatic amines is 1. The fourth-order valence-corrected chi connectivity index (χ4v) is 6.82. The summed E-state index contributed by atoms with van der Waals surface area (Å²) in [5.41, 5.74) is 1.85. The Kier molecular flexibility index (Phi) is 13.4. The van der Waals surface area contributed by atoms with Crippen molar-refractivity contribution in [2.24, 2.45) is 5.92 Å². The lowest BCUT2D eigenvalue weighted by atomic mass is 10.0. The van der Waals surface area contributed by atoms with Gasteiger partial charge in [-0.2, -0.15) is 0 Å². The average Bonchev–Trinajstić information content (AvgIpc) is 3.81. The molecule has 7 N–H and O–H groups in total. The van der Waals surface area contributed by atoms with E-state index in [-0.39, 0.29) is 25.3 Å². The van der Waals surface area contributed by atoms with E-state index in [1.54, 1.807) is 44.3 Å². The summed E-state index contributed by atoms with van der Waals surface area (Å²) in [6.45, 7) is 7.95. The lowest BCUT2D eigenvalue weighted by molar-refractivity contribution is -0.141. The number of rotatable bonds is 6. The van der Waals surface area contributed by atoms with Crippen LogP contribution in [0.4, 0.5) is 0 Å². The molecule has 1 aromatic heterocycles. The number of aromatic nitrogens is 1. The molecular weight excluding hydrogens is 720 g/mol. The Bertz CT molecular complexity index is 1940. The largest absolute Gasteiger partial charge is 0.488 e. The van der Waals surface area contributed by atoms with E-state index in [0.717, 1.165) is 16.5 Å². The van der Waals surface area contributed by atoms with E-state index in [1.807, 2.05) is 45.0 Å². The SMILES string of the molecule is CC(C)[C@@H]1NC(=O)CNC(=O)[C@@H]2CCCN2C(=O)[C@H](Cc2c[nH]c3ccccc23)NC(=O)CNC(=O)[C@@H](Cc2ccc(OC(C)(C)C)cc2)NC(=O)CNC1=O. The van der Waals surface area contributed by atoms with Gasteiger partial charge in [0.15, 0.2) is 0 Å². The van der Waals surface area contributed by atoms with Crippen LogP contribution in [-0.4, -0.2) is 107 Å². The lowest BCUT2D eigenvalue weighted by Gasteiger charge is -2.29. The molecule has 0 radical (unpaired) electrons. The quantitative estimate of drug-likeness (QED) is 0.188. The third kappa shape index (κ3) is 11.1. The molecule has 3 heterocycles. The first-order chi connectivity index (χ1) is 26.6. The van der Waals surface area contributed by atoms with Crippen LogP contribution in [0.1, 0.15) is 58.6 Å². The van der Waals surface area contributed by atoms with Gasteiger partial charge in [0.05, 0.1) is 19.6 Å². The second-order valence-corrected chi connectivity index (χ2v) is 15.5. The Balaban J connectivity index is 1.41. The Morgan fingerprint density at radius 3 is 2.00 bits per heavy atom. The summed E-state index contributed by atoms with van der Waals surface area (Å²) in [6.07, 6.45) is 2.74. The van der Waals surface area contributed by atoms with E-state index in [1.165, 1.54) is 4.90 Å². The number of para-hydroxylation sites is 1. The van der Waals surface area contributed by atoms with Crippen molar-refractivity contribution in [3.05, 3.63) is 65.9 Å². The molecule has 2 aliphatic heterocycles. The minimum atomic E-state index is -1.16. The molecule has 7 amide bonds.